The van der Waals surface area contributed by atoms with Gasteiger partial charge in [-0.3, -0.25) is 0 Å². The third-order valence-electron chi connectivity index (χ3n) is 3.84. The van der Waals surface area contributed by atoms with Crippen molar-refractivity contribution in [3.63, 3.8) is 0 Å². The maximum absolute atomic E-state index is 6.02. The van der Waals surface area contributed by atoms with E-state index in [1.807, 2.05) is 48.5 Å². The molecule has 0 amide bonds. The zero-order valence-electron chi connectivity index (χ0n) is 12.1. The number of rotatable bonds is 2. The molecule has 3 aromatic carbocycles. The average Bonchev–Trinajstić information content (AvgIpc) is 2.59. The Balaban J connectivity index is 1.94. The summed E-state index contributed by atoms with van der Waals surface area (Å²) in [4.78, 5) is 2.22. The molecule has 3 heteroatoms. The molecule has 3 nitrogen and oxygen atoms in total. The van der Waals surface area contributed by atoms with E-state index in [0.717, 1.165) is 34.1 Å². The molecule has 108 valence electrons. The van der Waals surface area contributed by atoms with E-state index in [9.17, 15) is 0 Å². The molecule has 4 rings (SSSR count). The molecule has 0 aromatic heterocycles. The molecule has 22 heavy (non-hydrogen) atoms. The number of fused-ring (bicyclic) bond motifs is 2. The zero-order valence-corrected chi connectivity index (χ0v) is 12.1. The third kappa shape index (κ3) is 2.03. The van der Waals surface area contributed by atoms with Crippen LogP contribution in [0.5, 0.6) is 11.5 Å². The standard InChI is InChI=1S/C19H16N2O/c20-13-14-6-5-7-15(12-14)21-16-8-1-3-10-18(16)22-19-11-4-2-9-17(19)21/h1-12H,13,20H2. The van der Waals surface area contributed by atoms with E-state index in [1.165, 1.54) is 0 Å². The fourth-order valence-corrected chi connectivity index (χ4v) is 2.81. The monoisotopic (exact) mass is 288 g/mol. The second kappa shape index (κ2) is 5.20. The molecular weight excluding hydrogens is 272 g/mol. The van der Waals surface area contributed by atoms with E-state index in [2.05, 4.69) is 29.2 Å². The van der Waals surface area contributed by atoms with E-state index < -0.39 is 0 Å². The molecule has 0 bridgehead atoms. The van der Waals surface area contributed by atoms with Crippen LogP contribution in [0, 0.1) is 0 Å². The van der Waals surface area contributed by atoms with Gasteiger partial charge < -0.3 is 15.4 Å². The number of anilines is 3. The van der Waals surface area contributed by atoms with Crippen LogP contribution in [-0.2, 0) is 6.54 Å². The molecule has 0 aliphatic carbocycles. The van der Waals surface area contributed by atoms with Gasteiger partial charge in [-0.2, -0.15) is 0 Å². The molecule has 0 fully saturated rings. The predicted octanol–water partition coefficient (Wildman–Crippen LogP) is 4.72. The van der Waals surface area contributed by atoms with E-state index >= 15 is 0 Å². The highest BCUT2D eigenvalue weighted by Crippen LogP contribution is 2.49. The molecule has 0 saturated heterocycles. The number of benzene rings is 3. The lowest BCUT2D eigenvalue weighted by molar-refractivity contribution is 0.477. The number of nitrogens with two attached hydrogens (primary N) is 1. The minimum atomic E-state index is 0.529. The summed E-state index contributed by atoms with van der Waals surface area (Å²) in [6.45, 7) is 0.529. The number of hydrogen-bond acceptors (Lipinski definition) is 3. The van der Waals surface area contributed by atoms with Gasteiger partial charge in [-0.15, -0.1) is 0 Å². The Morgan fingerprint density at radius 1 is 0.773 bits per heavy atom. The first-order valence-corrected chi connectivity index (χ1v) is 7.32. The van der Waals surface area contributed by atoms with Crippen molar-refractivity contribution in [3.05, 3.63) is 78.4 Å². The van der Waals surface area contributed by atoms with Crippen LogP contribution >= 0.6 is 0 Å². The van der Waals surface area contributed by atoms with Gasteiger partial charge in [-0.1, -0.05) is 36.4 Å². The topological polar surface area (TPSA) is 38.5 Å². The van der Waals surface area contributed by atoms with Gasteiger partial charge in [0.15, 0.2) is 11.5 Å². The lowest BCUT2D eigenvalue weighted by Gasteiger charge is -2.32. The lowest BCUT2D eigenvalue weighted by Crippen LogP contribution is -2.15. The summed E-state index contributed by atoms with van der Waals surface area (Å²) in [5, 5.41) is 0. The van der Waals surface area contributed by atoms with Gasteiger partial charge in [-0.25, -0.2) is 0 Å². The molecule has 0 spiro atoms. The third-order valence-corrected chi connectivity index (χ3v) is 3.84. The van der Waals surface area contributed by atoms with E-state index in [1.54, 1.807) is 0 Å². The smallest absolute Gasteiger partial charge is 0.151 e. The van der Waals surface area contributed by atoms with Crippen molar-refractivity contribution in [2.75, 3.05) is 4.90 Å². The SMILES string of the molecule is NCc1cccc(N2c3ccccc3Oc3ccccc32)c1. The van der Waals surface area contributed by atoms with Gasteiger partial charge in [0, 0.05) is 12.2 Å². The maximum atomic E-state index is 6.02. The molecule has 2 N–H and O–H groups in total. The van der Waals surface area contributed by atoms with Gasteiger partial charge in [0.2, 0.25) is 0 Å². The van der Waals surface area contributed by atoms with Crippen LogP contribution in [-0.4, -0.2) is 0 Å². The molecule has 1 aliphatic heterocycles. The molecule has 0 radical (unpaired) electrons. The Morgan fingerprint density at radius 2 is 1.41 bits per heavy atom. The van der Waals surface area contributed by atoms with Gasteiger partial charge in [0.1, 0.15) is 0 Å². The largest absolute Gasteiger partial charge is 0.453 e. The summed E-state index contributed by atoms with van der Waals surface area (Å²) in [5.41, 5.74) is 10.1. The summed E-state index contributed by atoms with van der Waals surface area (Å²) in [7, 11) is 0. The maximum Gasteiger partial charge on any atom is 0.151 e. The highest BCUT2D eigenvalue weighted by Gasteiger charge is 2.24. The Kier molecular flexibility index (Phi) is 3.06. The van der Waals surface area contributed by atoms with Gasteiger partial charge >= 0.3 is 0 Å². The van der Waals surface area contributed by atoms with Crippen LogP contribution in [0.1, 0.15) is 5.56 Å². The summed E-state index contributed by atoms with van der Waals surface area (Å²) in [6, 6.07) is 24.4. The number of hydrogen-bond donors (Lipinski definition) is 1. The average molecular weight is 288 g/mol. The van der Waals surface area contributed by atoms with Crippen LogP contribution in [0.2, 0.25) is 0 Å². The fraction of sp³-hybridized carbons (Fsp3) is 0.0526. The highest BCUT2D eigenvalue weighted by atomic mass is 16.5. The Morgan fingerprint density at radius 3 is 2.05 bits per heavy atom. The minimum absolute atomic E-state index is 0.529. The Hall–Kier alpha value is -2.78. The Bertz CT molecular complexity index is 783. The fourth-order valence-electron chi connectivity index (χ4n) is 2.81. The van der Waals surface area contributed by atoms with E-state index in [0.29, 0.717) is 6.54 Å². The molecule has 1 aliphatic rings. The summed E-state index contributed by atoms with van der Waals surface area (Å²) in [5.74, 6) is 1.72. The van der Waals surface area contributed by atoms with Gasteiger partial charge in [-0.05, 0) is 42.0 Å². The van der Waals surface area contributed by atoms with Crippen LogP contribution in [0.15, 0.2) is 72.8 Å². The summed E-state index contributed by atoms with van der Waals surface area (Å²) in [6.07, 6.45) is 0. The highest BCUT2D eigenvalue weighted by molar-refractivity contribution is 5.86. The molecule has 1 heterocycles. The van der Waals surface area contributed by atoms with Crippen molar-refractivity contribution in [1.82, 2.24) is 0 Å². The van der Waals surface area contributed by atoms with Crippen LogP contribution in [0.4, 0.5) is 17.1 Å². The first-order chi connectivity index (χ1) is 10.9. The van der Waals surface area contributed by atoms with Crippen molar-refractivity contribution < 1.29 is 4.74 Å². The number of ether oxygens (including phenoxy) is 1. The van der Waals surface area contributed by atoms with Crippen molar-refractivity contribution in [2.45, 2.75) is 6.54 Å². The molecule has 0 atom stereocenters. The quantitative estimate of drug-likeness (QED) is 0.580. The van der Waals surface area contributed by atoms with Crippen LogP contribution < -0.4 is 15.4 Å². The van der Waals surface area contributed by atoms with E-state index in [-0.39, 0.29) is 0 Å². The first kappa shape index (κ1) is 12.9. The number of para-hydroxylation sites is 4. The molecule has 3 aromatic rings. The lowest BCUT2D eigenvalue weighted by atomic mass is 10.1. The predicted molar refractivity (Wildman–Crippen MR) is 89.1 cm³/mol. The van der Waals surface area contributed by atoms with Crippen LogP contribution in [0.25, 0.3) is 0 Å². The summed E-state index contributed by atoms with van der Waals surface area (Å²) >= 11 is 0. The van der Waals surface area contributed by atoms with E-state index in [4.69, 9.17) is 10.5 Å². The van der Waals surface area contributed by atoms with Gasteiger partial charge in [0.05, 0.1) is 11.4 Å². The summed E-state index contributed by atoms with van der Waals surface area (Å²) < 4.78 is 6.02. The number of nitrogens with zero attached hydrogens (tertiary/aromatic N) is 1. The van der Waals surface area contributed by atoms with Crippen molar-refractivity contribution in [2.24, 2.45) is 5.73 Å². The minimum Gasteiger partial charge on any atom is -0.453 e. The van der Waals surface area contributed by atoms with Crippen molar-refractivity contribution in [1.29, 1.82) is 0 Å². The van der Waals surface area contributed by atoms with Crippen molar-refractivity contribution in [3.8, 4) is 11.5 Å². The Labute approximate surface area is 129 Å². The molecular formula is C19H16N2O. The van der Waals surface area contributed by atoms with Gasteiger partial charge in [0.25, 0.3) is 0 Å². The molecule has 0 saturated carbocycles. The molecule has 0 unspecified atom stereocenters. The second-order valence-corrected chi connectivity index (χ2v) is 5.25. The second-order valence-electron chi connectivity index (χ2n) is 5.25. The van der Waals surface area contributed by atoms with Crippen LogP contribution in [0.3, 0.4) is 0 Å². The zero-order chi connectivity index (χ0) is 14.9. The first-order valence-electron chi connectivity index (χ1n) is 7.32. The normalized spacial score (nSPS) is 12.3. The van der Waals surface area contributed by atoms with Crippen molar-refractivity contribution >= 4 is 17.1 Å².